The van der Waals surface area contributed by atoms with E-state index in [0.29, 0.717) is 10.7 Å². The van der Waals surface area contributed by atoms with Crippen LogP contribution in [-0.2, 0) is 16.1 Å². The monoisotopic (exact) mass is 242 g/mol. The smallest absolute Gasteiger partial charge is 0.250 e. The van der Waals surface area contributed by atoms with Crippen LogP contribution in [-0.4, -0.2) is 29.1 Å². The van der Waals surface area contributed by atoms with E-state index in [0.717, 1.165) is 0 Å². The lowest BCUT2D eigenvalue weighted by atomic mass is 10.2. The molecule has 0 saturated heterocycles. The Kier molecular flexibility index (Phi) is 4.71. The maximum absolute atomic E-state index is 11.9. The summed E-state index contributed by atoms with van der Waals surface area (Å²) in [5.41, 5.74) is 0.705. The first-order valence-corrected chi connectivity index (χ1v) is 5.39. The molecule has 16 heavy (non-hydrogen) atoms. The van der Waals surface area contributed by atoms with Crippen LogP contribution in [0.3, 0.4) is 0 Å². The van der Waals surface area contributed by atoms with Crippen molar-refractivity contribution in [2.75, 3.05) is 7.11 Å². The number of halogens is 1. The molecule has 0 saturated carbocycles. The molecule has 0 fully saturated rings. The lowest BCUT2D eigenvalue weighted by Crippen LogP contribution is -2.37. The van der Waals surface area contributed by atoms with Gasteiger partial charge in [0.1, 0.15) is 5.15 Å². The second-order valence-electron chi connectivity index (χ2n) is 3.63. The molecular weight excluding hydrogens is 228 g/mol. The van der Waals surface area contributed by atoms with Gasteiger partial charge in [-0.3, -0.25) is 9.63 Å². The molecule has 0 aliphatic heterocycles. The molecule has 5 heteroatoms. The van der Waals surface area contributed by atoms with Crippen LogP contribution in [0.1, 0.15) is 19.4 Å². The van der Waals surface area contributed by atoms with E-state index in [-0.39, 0.29) is 18.4 Å². The van der Waals surface area contributed by atoms with Gasteiger partial charge in [-0.05, 0) is 25.5 Å². The van der Waals surface area contributed by atoms with Crippen LogP contribution in [0.2, 0.25) is 5.15 Å². The molecule has 0 aliphatic rings. The van der Waals surface area contributed by atoms with Crippen molar-refractivity contribution in [2.24, 2.45) is 0 Å². The fourth-order valence-corrected chi connectivity index (χ4v) is 1.58. The number of amides is 1. The van der Waals surface area contributed by atoms with E-state index >= 15 is 0 Å². The van der Waals surface area contributed by atoms with Gasteiger partial charge in [0.2, 0.25) is 0 Å². The molecule has 1 aromatic rings. The Morgan fingerprint density at radius 1 is 1.62 bits per heavy atom. The highest BCUT2D eigenvalue weighted by atomic mass is 35.5. The van der Waals surface area contributed by atoms with Crippen molar-refractivity contribution in [1.29, 1.82) is 0 Å². The molecule has 1 aromatic heterocycles. The number of hydrogen-bond acceptors (Lipinski definition) is 3. The number of hydroxylamine groups is 2. The van der Waals surface area contributed by atoms with Crippen LogP contribution in [0.5, 0.6) is 0 Å². The maximum Gasteiger partial charge on any atom is 0.250 e. The van der Waals surface area contributed by atoms with Gasteiger partial charge in [-0.2, -0.15) is 0 Å². The number of aromatic nitrogens is 1. The number of hydrogen-bond donors (Lipinski definition) is 0. The molecule has 0 N–H and O–H groups in total. The second kappa shape index (κ2) is 5.82. The first-order chi connectivity index (χ1) is 7.56. The highest BCUT2D eigenvalue weighted by Crippen LogP contribution is 2.14. The van der Waals surface area contributed by atoms with E-state index in [9.17, 15) is 4.79 Å². The summed E-state index contributed by atoms with van der Waals surface area (Å²) < 4.78 is 0. The van der Waals surface area contributed by atoms with Crippen molar-refractivity contribution in [3.05, 3.63) is 29.0 Å². The molecule has 1 heterocycles. The first kappa shape index (κ1) is 12.9. The van der Waals surface area contributed by atoms with Crippen LogP contribution in [0.15, 0.2) is 18.3 Å². The zero-order valence-electron chi connectivity index (χ0n) is 9.61. The highest BCUT2D eigenvalue weighted by molar-refractivity contribution is 6.30. The van der Waals surface area contributed by atoms with Crippen molar-refractivity contribution in [3.8, 4) is 0 Å². The summed E-state index contributed by atoms with van der Waals surface area (Å²) in [6, 6.07) is 3.52. The molecule has 1 amide bonds. The second-order valence-corrected chi connectivity index (χ2v) is 3.98. The topological polar surface area (TPSA) is 42.4 Å². The minimum Gasteiger partial charge on any atom is -0.274 e. The van der Waals surface area contributed by atoms with Crippen molar-refractivity contribution in [3.63, 3.8) is 0 Å². The third-order valence-electron chi connectivity index (χ3n) is 2.09. The zero-order valence-corrected chi connectivity index (χ0v) is 10.4. The number of pyridine rings is 1. The Hall–Kier alpha value is -1.13. The molecule has 1 rings (SSSR count). The van der Waals surface area contributed by atoms with Gasteiger partial charge in [-0.25, -0.2) is 10.0 Å². The SMILES string of the molecule is CON(C(=O)Cc1cccnc1Cl)C(C)C. The molecule has 0 bridgehead atoms. The molecule has 0 atom stereocenters. The van der Waals surface area contributed by atoms with Crippen molar-refractivity contribution in [2.45, 2.75) is 26.3 Å². The van der Waals surface area contributed by atoms with Gasteiger partial charge in [0.05, 0.1) is 19.6 Å². The molecule has 0 unspecified atom stereocenters. The third-order valence-corrected chi connectivity index (χ3v) is 2.43. The molecule has 4 nitrogen and oxygen atoms in total. The van der Waals surface area contributed by atoms with Crippen LogP contribution in [0, 0.1) is 0 Å². The van der Waals surface area contributed by atoms with Crippen molar-refractivity contribution in [1.82, 2.24) is 10.0 Å². The lowest BCUT2D eigenvalue weighted by Gasteiger charge is -2.23. The largest absolute Gasteiger partial charge is 0.274 e. The van der Waals surface area contributed by atoms with Gasteiger partial charge in [0.25, 0.3) is 5.91 Å². The molecule has 0 aromatic carbocycles. The Bertz CT molecular complexity index is 369. The lowest BCUT2D eigenvalue weighted by molar-refractivity contribution is -0.184. The highest BCUT2D eigenvalue weighted by Gasteiger charge is 2.18. The van der Waals surface area contributed by atoms with Gasteiger partial charge in [0, 0.05) is 6.20 Å². The summed E-state index contributed by atoms with van der Waals surface area (Å²) in [5, 5.41) is 1.68. The van der Waals surface area contributed by atoms with E-state index in [1.54, 1.807) is 18.3 Å². The number of rotatable bonds is 4. The summed E-state index contributed by atoms with van der Waals surface area (Å²) in [4.78, 5) is 20.8. The summed E-state index contributed by atoms with van der Waals surface area (Å²) in [6.07, 6.45) is 1.78. The van der Waals surface area contributed by atoms with E-state index < -0.39 is 0 Å². The Balaban J connectivity index is 2.74. The predicted molar refractivity (Wildman–Crippen MR) is 61.9 cm³/mol. The summed E-state index contributed by atoms with van der Waals surface area (Å²) in [5.74, 6) is -0.132. The standard InChI is InChI=1S/C11H15ClN2O2/c1-8(2)14(16-3)10(15)7-9-5-4-6-13-11(9)12/h4-6,8H,7H2,1-3H3. The van der Waals surface area contributed by atoms with E-state index in [1.807, 2.05) is 13.8 Å². The normalized spacial score (nSPS) is 10.6. The van der Waals surface area contributed by atoms with Crippen LogP contribution < -0.4 is 0 Å². The maximum atomic E-state index is 11.9. The minimum absolute atomic E-state index is 0.00653. The van der Waals surface area contributed by atoms with Gasteiger partial charge >= 0.3 is 0 Å². The van der Waals surface area contributed by atoms with Crippen LogP contribution >= 0.6 is 11.6 Å². The molecule has 88 valence electrons. The Morgan fingerprint density at radius 3 is 2.81 bits per heavy atom. The minimum atomic E-state index is -0.132. The molecule has 0 aliphatic carbocycles. The number of carbonyl (C=O) groups is 1. The van der Waals surface area contributed by atoms with E-state index in [1.165, 1.54) is 12.2 Å². The predicted octanol–water partition coefficient (Wildman–Crippen LogP) is 2.08. The average molecular weight is 243 g/mol. The van der Waals surface area contributed by atoms with Crippen LogP contribution in [0.4, 0.5) is 0 Å². The average Bonchev–Trinajstić information content (AvgIpc) is 2.22. The number of carbonyl (C=O) groups excluding carboxylic acids is 1. The van der Waals surface area contributed by atoms with Crippen molar-refractivity contribution >= 4 is 17.5 Å². The van der Waals surface area contributed by atoms with Gasteiger partial charge in [-0.1, -0.05) is 17.7 Å². The number of nitrogens with zero attached hydrogens (tertiary/aromatic N) is 2. The van der Waals surface area contributed by atoms with E-state index in [4.69, 9.17) is 16.4 Å². The summed E-state index contributed by atoms with van der Waals surface area (Å²) in [6.45, 7) is 3.76. The van der Waals surface area contributed by atoms with Gasteiger partial charge in [-0.15, -0.1) is 0 Å². The van der Waals surface area contributed by atoms with Gasteiger partial charge in [0.15, 0.2) is 0 Å². The molecule has 0 radical (unpaired) electrons. The van der Waals surface area contributed by atoms with Crippen molar-refractivity contribution < 1.29 is 9.63 Å². The van der Waals surface area contributed by atoms with Gasteiger partial charge < -0.3 is 0 Å². The Morgan fingerprint density at radius 2 is 2.31 bits per heavy atom. The summed E-state index contributed by atoms with van der Waals surface area (Å²) >= 11 is 5.87. The fourth-order valence-electron chi connectivity index (χ4n) is 1.39. The van der Waals surface area contributed by atoms with E-state index in [2.05, 4.69) is 4.98 Å². The first-order valence-electron chi connectivity index (χ1n) is 5.01. The quantitative estimate of drug-likeness (QED) is 0.600. The van der Waals surface area contributed by atoms with Crippen LogP contribution in [0.25, 0.3) is 0 Å². The zero-order chi connectivity index (χ0) is 12.1. The fraction of sp³-hybridized carbons (Fsp3) is 0.455. The molecular formula is C11H15ClN2O2. The Labute approximate surface area is 100 Å². The third kappa shape index (κ3) is 3.18. The molecule has 0 spiro atoms. The summed E-state index contributed by atoms with van der Waals surface area (Å²) in [7, 11) is 1.47.